The summed E-state index contributed by atoms with van der Waals surface area (Å²) < 4.78 is 40.2. The van der Waals surface area contributed by atoms with Gasteiger partial charge in [-0.15, -0.1) is 5.10 Å². The molecule has 0 saturated carbocycles. The van der Waals surface area contributed by atoms with Crippen molar-refractivity contribution in [1.29, 1.82) is 0 Å². The molecule has 1 aromatic heterocycles. The standard InChI is InChI=1S/C53H89N5O12/c1-16-38(40-21-19-18-20-32(40)4)22-25-58-30-39(54-55-58)23-24-56(13)41-26-33(5)66-50(44(41)59)70-48-34(6)45(69-43-28-52(11,65-15)47(61)37(9)67-43)35(7)49(62)68-42(17-2)53(12,64)46(60)36(8)57(14)29-31(3)27-51(48,10)63/h16,18-21,30-31,33-37,41-48,50,59-61,63-64H,17,22-29H2,1-15H3/b38-16-/t31-,33-,34+,35-,36-,37+,41+,42-,43+,44-,45+,46-,47+,48-,50+,51-,52-,53-/m1/s1. The Bertz CT molecular complexity index is 2000. The Morgan fingerprint density at radius 1 is 1.00 bits per heavy atom. The molecule has 5 N–H and O–H groups in total. The molecule has 17 nitrogen and oxygen atoms in total. The van der Waals surface area contributed by atoms with E-state index in [-0.39, 0.29) is 31.3 Å². The summed E-state index contributed by atoms with van der Waals surface area (Å²) in [5, 5.41) is 68.6. The smallest absolute Gasteiger partial charge is 0.311 e. The van der Waals surface area contributed by atoms with Gasteiger partial charge in [0.25, 0.3) is 0 Å². The van der Waals surface area contributed by atoms with Crippen molar-refractivity contribution in [3.05, 3.63) is 53.4 Å². The van der Waals surface area contributed by atoms with Gasteiger partial charge in [0.2, 0.25) is 0 Å². The minimum Gasteiger partial charge on any atom is -0.459 e. The van der Waals surface area contributed by atoms with Crippen molar-refractivity contribution in [2.24, 2.45) is 17.8 Å². The molecule has 3 fully saturated rings. The summed E-state index contributed by atoms with van der Waals surface area (Å²) in [7, 11) is 5.32. The molecule has 0 spiro atoms. The van der Waals surface area contributed by atoms with Crippen LogP contribution in [0, 0.1) is 24.7 Å². The highest BCUT2D eigenvalue weighted by Crippen LogP contribution is 2.40. The molecule has 3 aliphatic rings. The van der Waals surface area contributed by atoms with E-state index in [0.717, 1.165) is 12.1 Å². The molecule has 0 radical (unpaired) electrons. The van der Waals surface area contributed by atoms with Crippen LogP contribution in [-0.4, -0.2) is 181 Å². The largest absolute Gasteiger partial charge is 0.459 e. The van der Waals surface area contributed by atoms with Gasteiger partial charge in [-0.3, -0.25) is 9.48 Å². The summed E-state index contributed by atoms with van der Waals surface area (Å²) in [5.41, 5.74) is 0.0523. The minimum absolute atomic E-state index is 0.110. The van der Waals surface area contributed by atoms with Gasteiger partial charge >= 0.3 is 5.97 Å². The van der Waals surface area contributed by atoms with Crippen LogP contribution in [0.2, 0.25) is 0 Å². The minimum atomic E-state index is -1.83. The zero-order valence-corrected chi connectivity index (χ0v) is 44.8. The molecule has 0 amide bonds. The molecule has 0 bridgehead atoms. The van der Waals surface area contributed by atoms with Gasteiger partial charge in [-0.2, -0.15) is 0 Å². The number of carbonyl (C=O) groups is 1. The zero-order chi connectivity index (χ0) is 52.0. The predicted molar refractivity (Wildman–Crippen MR) is 266 cm³/mol. The lowest BCUT2D eigenvalue weighted by molar-refractivity contribution is -0.318. The normalized spacial score (nSPS) is 40.2. The maximum absolute atomic E-state index is 14.5. The lowest BCUT2D eigenvalue weighted by atomic mass is 9.77. The summed E-state index contributed by atoms with van der Waals surface area (Å²) in [6.07, 6.45) is -3.34. The molecule has 17 heteroatoms. The number of hydrogen-bond donors (Lipinski definition) is 5. The average molecular weight is 988 g/mol. The highest BCUT2D eigenvalue weighted by molar-refractivity contribution is 5.73. The highest BCUT2D eigenvalue weighted by Gasteiger charge is 2.53. The Labute approximate surface area is 417 Å². The Morgan fingerprint density at radius 3 is 2.33 bits per heavy atom. The molecule has 0 unspecified atom stereocenters. The van der Waals surface area contributed by atoms with E-state index in [0.29, 0.717) is 32.5 Å². The molecule has 4 heterocycles. The topological polar surface area (TPSA) is 211 Å². The van der Waals surface area contributed by atoms with E-state index in [4.69, 9.17) is 28.4 Å². The van der Waals surface area contributed by atoms with E-state index in [1.165, 1.54) is 30.7 Å². The van der Waals surface area contributed by atoms with Crippen LogP contribution < -0.4 is 0 Å². The van der Waals surface area contributed by atoms with Crippen LogP contribution in [0.3, 0.4) is 0 Å². The van der Waals surface area contributed by atoms with Crippen LogP contribution in [-0.2, 0) is 46.2 Å². The van der Waals surface area contributed by atoms with Crippen molar-refractivity contribution in [1.82, 2.24) is 24.8 Å². The number of aromatic nitrogens is 3. The first kappa shape index (κ1) is 58.0. The molecule has 18 atom stereocenters. The Hall–Kier alpha value is -2.91. The van der Waals surface area contributed by atoms with Crippen LogP contribution in [0.15, 0.2) is 36.5 Å². The van der Waals surface area contributed by atoms with Gasteiger partial charge in [0.05, 0.1) is 47.2 Å². The number of aryl methyl sites for hydroxylation is 2. The van der Waals surface area contributed by atoms with Crippen molar-refractivity contribution >= 4 is 11.5 Å². The summed E-state index contributed by atoms with van der Waals surface area (Å²) in [4.78, 5) is 18.5. The third kappa shape index (κ3) is 13.6. The molecule has 2 aromatic rings. The number of esters is 1. The number of methoxy groups -OCH3 is 1. The van der Waals surface area contributed by atoms with Crippen molar-refractivity contribution in [3.63, 3.8) is 0 Å². The van der Waals surface area contributed by atoms with Crippen LogP contribution in [0.25, 0.3) is 5.57 Å². The SMILES string of the molecule is C/C=C(/CCn1cc(CCN(C)[C@H]2C[C@@H](C)O[C@@H](O[C@@H]3[C@@H](C)[C@H](O[C@H]4C[C@@](C)(OC)[C@@H](O)[C@H](C)O4)[C@@H](C)C(=O)O[C@H](CC)[C@@](C)(O)[C@H](O)[C@@H](C)N(C)C[C@H](C)C[C@@]3(C)O)[C@@H]2O)nn1)c1ccccc1C. The van der Waals surface area contributed by atoms with Gasteiger partial charge in [0.1, 0.15) is 30.0 Å². The molecule has 5 rings (SSSR count). The van der Waals surface area contributed by atoms with E-state index in [1.54, 1.807) is 41.5 Å². The second-order valence-electron chi connectivity index (χ2n) is 21.8. The Balaban J connectivity index is 1.42. The summed E-state index contributed by atoms with van der Waals surface area (Å²) >= 11 is 0. The second-order valence-corrected chi connectivity index (χ2v) is 21.8. The summed E-state index contributed by atoms with van der Waals surface area (Å²) in [6, 6.07) is 7.41. The fourth-order valence-electron chi connectivity index (χ4n) is 11.3. The lowest BCUT2D eigenvalue weighted by Crippen LogP contribution is -2.61. The number of benzene rings is 1. The van der Waals surface area contributed by atoms with Gasteiger partial charge < -0.3 is 63.8 Å². The third-order valence-corrected chi connectivity index (χ3v) is 15.9. The number of allylic oxidation sites excluding steroid dienone is 2. The van der Waals surface area contributed by atoms with Gasteiger partial charge in [-0.25, -0.2) is 0 Å². The highest BCUT2D eigenvalue weighted by atomic mass is 16.7. The van der Waals surface area contributed by atoms with Gasteiger partial charge in [-0.1, -0.05) is 56.3 Å². The number of carbonyl (C=O) groups excluding carboxylic acids is 1. The van der Waals surface area contributed by atoms with E-state index < -0.39 is 102 Å². The molecule has 3 saturated heterocycles. The van der Waals surface area contributed by atoms with Crippen molar-refractivity contribution in [2.45, 2.75) is 218 Å². The molecule has 70 heavy (non-hydrogen) atoms. The average Bonchev–Trinajstić information content (AvgIpc) is 3.77. The van der Waals surface area contributed by atoms with Crippen LogP contribution in [0.5, 0.6) is 0 Å². The van der Waals surface area contributed by atoms with Gasteiger partial charge in [0, 0.05) is 63.8 Å². The number of ether oxygens (including phenoxy) is 6. The van der Waals surface area contributed by atoms with Gasteiger partial charge in [0.15, 0.2) is 12.6 Å². The second kappa shape index (κ2) is 24.4. The number of likely N-dealkylation sites (N-methyl/N-ethyl adjacent to an activating group) is 2. The monoisotopic (exact) mass is 988 g/mol. The fourth-order valence-corrected chi connectivity index (χ4v) is 11.3. The lowest BCUT2D eigenvalue weighted by Gasteiger charge is -2.49. The van der Waals surface area contributed by atoms with E-state index in [1.807, 2.05) is 56.7 Å². The van der Waals surface area contributed by atoms with E-state index >= 15 is 0 Å². The number of rotatable bonds is 14. The van der Waals surface area contributed by atoms with Crippen molar-refractivity contribution in [2.75, 3.05) is 34.3 Å². The number of hydrogen-bond acceptors (Lipinski definition) is 16. The Morgan fingerprint density at radius 2 is 1.69 bits per heavy atom. The quantitative estimate of drug-likeness (QED) is 0.159. The van der Waals surface area contributed by atoms with E-state index in [9.17, 15) is 30.3 Å². The molecular weight excluding hydrogens is 899 g/mol. The predicted octanol–water partition coefficient (Wildman–Crippen LogP) is 4.91. The summed E-state index contributed by atoms with van der Waals surface area (Å²) in [6.45, 7) is 23.5. The molecule has 0 aliphatic carbocycles. The molecular formula is C53H89N5O12. The first-order valence-electron chi connectivity index (χ1n) is 25.6. The number of nitrogens with zero attached hydrogens (tertiary/aromatic N) is 5. The summed E-state index contributed by atoms with van der Waals surface area (Å²) in [5.74, 6) is -2.74. The first-order chi connectivity index (χ1) is 32.8. The Kier molecular flexibility index (Phi) is 20.2. The molecule has 3 aliphatic heterocycles. The van der Waals surface area contributed by atoms with Crippen molar-refractivity contribution in [3.8, 4) is 0 Å². The number of aliphatic hydroxyl groups is 5. The van der Waals surface area contributed by atoms with Crippen LogP contribution in [0.4, 0.5) is 0 Å². The fraction of sp³-hybridized carbons (Fsp3) is 0.792. The molecule has 398 valence electrons. The van der Waals surface area contributed by atoms with Crippen molar-refractivity contribution < 1.29 is 58.7 Å². The van der Waals surface area contributed by atoms with Crippen LogP contribution >= 0.6 is 0 Å². The maximum atomic E-state index is 14.5. The van der Waals surface area contributed by atoms with Gasteiger partial charge in [-0.05, 0) is 125 Å². The van der Waals surface area contributed by atoms with E-state index in [2.05, 4.69) is 53.3 Å². The first-order valence-corrected chi connectivity index (χ1v) is 25.6. The zero-order valence-electron chi connectivity index (χ0n) is 44.8. The molecule has 1 aromatic carbocycles. The maximum Gasteiger partial charge on any atom is 0.311 e. The number of aliphatic hydroxyl groups excluding tert-OH is 3. The third-order valence-electron chi connectivity index (χ3n) is 15.9. The number of cyclic esters (lactones) is 1. The van der Waals surface area contributed by atoms with Crippen LogP contribution in [0.1, 0.15) is 125 Å².